The Hall–Kier alpha value is -3.72. The Morgan fingerprint density at radius 1 is 0.837 bits per heavy atom. The summed E-state index contributed by atoms with van der Waals surface area (Å²) in [5, 5.41) is 0. The van der Waals surface area contributed by atoms with E-state index < -0.39 is 29.7 Å². The van der Waals surface area contributed by atoms with Crippen LogP contribution < -0.4 is 0 Å². The summed E-state index contributed by atoms with van der Waals surface area (Å²) in [6, 6.07) is 28.6. The molecule has 0 N–H and O–H groups in total. The fourth-order valence-corrected chi connectivity index (χ4v) is 5.51. The maximum Gasteiger partial charge on any atom is 0.413 e. The molecule has 8 heteroatoms. The highest BCUT2D eigenvalue weighted by atomic mass is 16.6. The van der Waals surface area contributed by atoms with Crippen molar-refractivity contribution < 1.29 is 33.3 Å². The number of carbonyl (C=O) groups excluding carboxylic acids is 2. The Morgan fingerprint density at radius 3 is 1.98 bits per heavy atom. The molecule has 0 unspecified atom stereocenters. The lowest BCUT2D eigenvalue weighted by Crippen LogP contribution is -2.49. The van der Waals surface area contributed by atoms with Gasteiger partial charge < -0.3 is 23.7 Å². The van der Waals surface area contributed by atoms with Crippen molar-refractivity contribution in [2.24, 2.45) is 5.41 Å². The third kappa shape index (κ3) is 8.22. The monoisotopic (exact) mass is 587 g/mol. The number of esters is 1. The number of hydrogen-bond donors (Lipinski definition) is 0. The van der Waals surface area contributed by atoms with Crippen LogP contribution in [0.1, 0.15) is 50.3 Å². The van der Waals surface area contributed by atoms with Crippen LogP contribution in [0.4, 0.5) is 4.79 Å². The number of hydrogen-bond acceptors (Lipinski definition) is 7. The van der Waals surface area contributed by atoms with E-state index in [1.807, 2.05) is 112 Å². The molecule has 0 saturated carbocycles. The summed E-state index contributed by atoms with van der Waals surface area (Å²) in [7, 11) is 0. The van der Waals surface area contributed by atoms with Crippen molar-refractivity contribution >= 4 is 12.1 Å². The molecule has 2 heterocycles. The van der Waals surface area contributed by atoms with Crippen molar-refractivity contribution in [3.8, 4) is 0 Å². The van der Waals surface area contributed by atoms with Crippen LogP contribution in [0.5, 0.6) is 0 Å². The minimum atomic E-state index is -0.837. The van der Waals surface area contributed by atoms with Gasteiger partial charge in [-0.25, -0.2) is 9.59 Å². The molecule has 8 nitrogen and oxygen atoms in total. The molecule has 43 heavy (non-hydrogen) atoms. The average Bonchev–Trinajstić information content (AvgIpc) is 3.56. The first kappa shape index (κ1) is 30.7. The zero-order chi connectivity index (χ0) is 30.2. The van der Waals surface area contributed by atoms with E-state index in [-0.39, 0.29) is 31.3 Å². The van der Waals surface area contributed by atoms with Gasteiger partial charge >= 0.3 is 12.1 Å². The van der Waals surface area contributed by atoms with Gasteiger partial charge in [-0.15, -0.1) is 0 Å². The highest BCUT2D eigenvalue weighted by molar-refractivity contribution is 5.84. The highest BCUT2D eigenvalue weighted by Gasteiger charge is 2.52. The summed E-state index contributed by atoms with van der Waals surface area (Å²) in [5.74, 6) is -0.453. The van der Waals surface area contributed by atoms with Crippen LogP contribution in [-0.4, -0.2) is 54.2 Å². The lowest BCUT2D eigenvalue weighted by Gasteiger charge is -2.34. The Balaban J connectivity index is 1.27. The molecule has 2 aliphatic rings. The van der Waals surface area contributed by atoms with Crippen LogP contribution in [0.25, 0.3) is 0 Å². The standard InChI is InChI=1S/C35H41NO7/c1-35(2,3)33-36(34(38)41-23-27-17-11-6-12-18-27)29(32(37)43-33)19-28-20-30(40-22-26-15-9-5-10-16-26)31(42-28)24-39-21-25-13-7-4-8-14-25/h4-18,28-31,33H,19-24H2,1-3H3/t28-,29-,30-,31+,33-/m0/s1. The molecule has 3 aromatic carbocycles. The van der Waals surface area contributed by atoms with E-state index >= 15 is 0 Å². The van der Waals surface area contributed by atoms with Crippen LogP contribution in [-0.2, 0) is 48.3 Å². The molecule has 5 rings (SSSR count). The van der Waals surface area contributed by atoms with Crippen molar-refractivity contribution in [1.82, 2.24) is 4.90 Å². The van der Waals surface area contributed by atoms with E-state index in [0.29, 0.717) is 26.2 Å². The number of cyclic esters (lactones) is 1. The van der Waals surface area contributed by atoms with E-state index in [1.165, 1.54) is 4.90 Å². The maximum absolute atomic E-state index is 13.5. The lowest BCUT2D eigenvalue weighted by atomic mass is 9.93. The van der Waals surface area contributed by atoms with Crippen molar-refractivity contribution in [2.45, 2.75) is 84.0 Å². The van der Waals surface area contributed by atoms with Gasteiger partial charge in [-0.3, -0.25) is 4.90 Å². The van der Waals surface area contributed by atoms with E-state index in [4.69, 9.17) is 23.7 Å². The number of amides is 1. The van der Waals surface area contributed by atoms with Crippen molar-refractivity contribution in [2.75, 3.05) is 6.61 Å². The summed E-state index contributed by atoms with van der Waals surface area (Å²) >= 11 is 0. The molecule has 0 radical (unpaired) electrons. The lowest BCUT2D eigenvalue weighted by molar-refractivity contribution is -0.147. The van der Waals surface area contributed by atoms with Gasteiger partial charge in [0.05, 0.1) is 32.0 Å². The Morgan fingerprint density at radius 2 is 1.40 bits per heavy atom. The fourth-order valence-electron chi connectivity index (χ4n) is 5.51. The van der Waals surface area contributed by atoms with Crippen LogP contribution in [0.3, 0.4) is 0 Å². The molecule has 0 aliphatic carbocycles. The van der Waals surface area contributed by atoms with E-state index in [9.17, 15) is 9.59 Å². The normalized spacial score (nSPS) is 23.7. The first-order valence-corrected chi connectivity index (χ1v) is 14.9. The quantitative estimate of drug-likeness (QED) is 0.245. The second-order valence-corrected chi connectivity index (χ2v) is 12.2. The number of rotatable bonds is 11. The molecule has 228 valence electrons. The van der Waals surface area contributed by atoms with E-state index in [1.54, 1.807) is 0 Å². The van der Waals surface area contributed by atoms with Gasteiger partial charge in [0.15, 0.2) is 6.23 Å². The second kappa shape index (κ2) is 14.2. The predicted octanol–water partition coefficient (Wildman–Crippen LogP) is 6.27. The molecule has 0 aromatic heterocycles. The summed E-state index contributed by atoms with van der Waals surface area (Å²) in [6.45, 7) is 7.14. The highest BCUT2D eigenvalue weighted by Crippen LogP contribution is 2.37. The van der Waals surface area contributed by atoms with Gasteiger partial charge in [-0.05, 0) is 16.7 Å². The summed E-state index contributed by atoms with van der Waals surface area (Å²) in [6.07, 6.45) is -1.43. The van der Waals surface area contributed by atoms with Crippen molar-refractivity contribution in [3.63, 3.8) is 0 Å². The number of ether oxygens (including phenoxy) is 5. The Labute approximate surface area is 253 Å². The van der Waals surface area contributed by atoms with Gasteiger partial charge in [0.2, 0.25) is 0 Å². The summed E-state index contributed by atoms with van der Waals surface area (Å²) in [4.78, 5) is 28.1. The zero-order valence-electron chi connectivity index (χ0n) is 25.1. The molecule has 2 fully saturated rings. The Bertz CT molecular complexity index is 1310. The molecule has 2 aliphatic heterocycles. The van der Waals surface area contributed by atoms with Crippen LogP contribution in [0, 0.1) is 5.41 Å². The smallest absolute Gasteiger partial charge is 0.413 e. The van der Waals surface area contributed by atoms with Crippen LogP contribution >= 0.6 is 0 Å². The first-order chi connectivity index (χ1) is 20.8. The van der Waals surface area contributed by atoms with E-state index in [0.717, 1.165) is 16.7 Å². The van der Waals surface area contributed by atoms with Gasteiger partial charge in [0.1, 0.15) is 18.8 Å². The molecular weight excluding hydrogens is 546 g/mol. The third-order valence-electron chi connectivity index (χ3n) is 7.71. The largest absolute Gasteiger partial charge is 0.444 e. The average molecular weight is 588 g/mol. The molecule has 0 bridgehead atoms. The molecule has 1 amide bonds. The van der Waals surface area contributed by atoms with Gasteiger partial charge in [0, 0.05) is 18.3 Å². The van der Waals surface area contributed by atoms with Crippen molar-refractivity contribution in [1.29, 1.82) is 0 Å². The van der Waals surface area contributed by atoms with Crippen LogP contribution in [0.2, 0.25) is 0 Å². The molecular formula is C35H41NO7. The van der Waals surface area contributed by atoms with E-state index in [2.05, 4.69) is 0 Å². The fraction of sp³-hybridized carbons (Fsp3) is 0.429. The number of carbonyl (C=O) groups is 2. The SMILES string of the molecule is CC(C)(C)[C@@H]1OC(=O)[C@H](C[C@H]2C[C@H](OCc3ccccc3)[C@@H](COCc3ccccc3)O2)N1C(=O)OCc1ccccc1. The van der Waals surface area contributed by atoms with Gasteiger partial charge in [0.25, 0.3) is 0 Å². The zero-order valence-corrected chi connectivity index (χ0v) is 25.1. The van der Waals surface area contributed by atoms with Crippen molar-refractivity contribution in [3.05, 3.63) is 108 Å². The Kier molecular flexibility index (Phi) is 10.1. The maximum atomic E-state index is 13.5. The van der Waals surface area contributed by atoms with Gasteiger partial charge in [-0.1, -0.05) is 112 Å². The summed E-state index contributed by atoms with van der Waals surface area (Å²) < 4.78 is 30.3. The minimum Gasteiger partial charge on any atom is -0.444 e. The number of nitrogens with zero attached hydrogens (tertiary/aromatic N) is 1. The molecule has 0 spiro atoms. The second-order valence-electron chi connectivity index (χ2n) is 12.2. The predicted molar refractivity (Wildman–Crippen MR) is 161 cm³/mol. The minimum absolute atomic E-state index is 0.101. The van der Waals surface area contributed by atoms with Gasteiger partial charge in [-0.2, -0.15) is 0 Å². The number of benzene rings is 3. The molecule has 3 aromatic rings. The first-order valence-electron chi connectivity index (χ1n) is 14.9. The van der Waals surface area contributed by atoms with Crippen LogP contribution in [0.15, 0.2) is 91.0 Å². The third-order valence-corrected chi connectivity index (χ3v) is 7.71. The summed E-state index contributed by atoms with van der Waals surface area (Å²) in [5.41, 5.74) is 2.49. The molecule has 5 atom stereocenters. The topological polar surface area (TPSA) is 83.5 Å². The molecule has 2 saturated heterocycles.